The van der Waals surface area contributed by atoms with Gasteiger partial charge in [0.05, 0.1) is 0 Å². The summed E-state index contributed by atoms with van der Waals surface area (Å²) >= 11 is 1.79. The molecule has 3 nitrogen and oxygen atoms in total. The van der Waals surface area contributed by atoms with E-state index in [2.05, 4.69) is 104 Å². The van der Waals surface area contributed by atoms with Crippen molar-refractivity contribution < 1.29 is 0 Å². The number of thiophene rings is 1. The van der Waals surface area contributed by atoms with Crippen LogP contribution in [0.5, 0.6) is 0 Å². The van der Waals surface area contributed by atoms with Gasteiger partial charge in [0.15, 0.2) is 17.5 Å². The summed E-state index contributed by atoms with van der Waals surface area (Å²) in [6.45, 7) is 2.12. The Bertz CT molecular complexity index is 1930. The van der Waals surface area contributed by atoms with Crippen LogP contribution in [0.3, 0.4) is 0 Å². The lowest BCUT2D eigenvalue weighted by Gasteiger charge is -2.11. The maximum Gasteiger partial charge on any atom is 0.165 e. The lowest BCUT2D eigenvalue weighted by molar-refractivity contribution is 1.08. The van der Waals surface area contributed by atoms with Crippen molar-refractivity contribution in [3.8, 4) is 45.3 Å². The van der Waals surface area contributed by atoms with Crippen molar-refractivity contribution in [2.24, 2.45) is 0 Å². The molecule has 0 amide bonds. The number of aryl methyl sites for hydroxylation is 1. The molecule has 0 unspecified atom stereocenters. The molecular weight excluding hydrogens is 482 g/mol. The van der Waals surface area contributed by atoms with E-state index in [1.165, 1.54) is 25.7 Å². The van der Waals surface area contributed by atoms with Crippen LogP contribution in [0.2, 0.25) is 0 Å². The van der Waals surface area contributed by atoms with Gasteiger partial charge < -0.3 is 0 Å². The molecule has 0 aliphatic carbocycles. The zero-order chi connectivity index (χ0) is 25.5. The van der Waals surface area contributed by atoms with E-state index in [0.29, 0.717) is 17.5 Å². The number of fused-ring (bicyclic) bond motifs is 3. The second-order valence-electron chi connectivity index (χ2n) is 9.41. The van der Waals surface area contributed by atoms with Gasteiger partial charge in [0.25, 0.3) is 0 Å². The highest BCUT2D eigenvalue weighted by Gasteiger charge is 2.17. The predicted molar refractivity (Wildman–Crippen MR) is 159 cm³/mol. The highest BCUT2D eigenvalue weighted by Crippen LogP contribution is 2.39. The maximum atomic E-state index is 5.08. The minimum Gasteiger partial charge on any atom is -0.208 e. The van der Waals surface area contributed by atoms with Crippen molar-refractivity contribution in [1.82, 2.24) is 15.0 Å². The average Bonchev–Trinajstić information content (AvgIpc) is 3.36. The smallest absolute Gasteiger partial charge is 0.165 e. The predicted octanol–water partition coefficient (Wildman–Crippen LogP) is 9.22. The molecule has 7 aromatic rings. The molecule has 0 radical (unpaired) electrons. The zero-order valence-corrected chi connectivity index (χ0v) is 21.6. The van der Waals surface area contributed by atoms with E-state index in [1.54, 1.807) is 11.3 Å². The van der Waals surface area contributed by atoms with E-state index in [9.17, 15) is 0 Å². The Labute approximate surface area is 225 Å². The minimum absolute atomic E-state index is 0.673. The van der Waals surface area contributed by atoms with Crippen LogP contribution in [-0.4, -0.2) is 15.0 Å². The van der Waals surface area contributed by atoms with Crippen molar-refractivity contribution in [3.63, 3.8) is 0 Å². The summed E-state index contributed by atoms with van der Waals surface area (Å²) < 4.78 is 2.46. The van der Waals surface area contributed by atoms with E-state index >= 15 is 0 Å². The molecule has 0 atom stereocenters. The first-order chi connectivity index (χ1) is 18.7. The van der Waals surface area contributed by atoms with Crippen molar-refractivity contribution in [2.45, 2.75) is 6.92 Å². The Morgan fingerprint density at radius 1 is 0.474 bits per heavy atom. The van der Waals surface area contributed by atoms with Crippen molar-refractivity contribution in [2.75, 3.05) is 0 Å². The number of aromatic nitrogens is 3. The summed E-state index contributed by atoms with van der Waals surface area (Å²) in [7, 11) is 0. The molecule has 0 fully saturated rings. The van der Waals surface area contributed by atoms with Crippen molar-refractivity contribution in [3.05, 3.63) is 127 Å². The van der Waals surface area contributed by atoms with Crippen molar-refractivity contribution >= 4 is 31.5 Å². The second-order valence-corrected chi connectivity index (χ2v) is 10.5. The molecule has 0 N–H and O–H groups in total. The largest absolute Gasteiger partial charge is 0.208 e. The molecule has 0 saturated heterocycles. The fraction of sp³-hybridized carbons (Fsp3) is 0.0294. The zero-order valence-electron chi connectivity index (χ0n) is 20.8. The highest BCUT2D eigenvalue weighted by atomic mass is 32.1. The molecule has 0 bridgehead atoms. The van der Waals surface area contributed by atoms with Crippen molar-refractivity contribution in [1.29, 1.82) is 0 Å². The van der Waals surface area contributed by atoms with Crippen LogP contribution >= 0.6 is 11.3 Å². The van der Waals surface area contributed by atoms with E-state index in [1.807, 2.05) is 24.3 Å². The molecule has 2 heterocycles. The quantitative estimate of drug-likeness (QED) is 0.239. The Balaban J connectivity index is 1.47. The van der Waals surface area contributed by atoms with Gasteiger partial charge >= 0.3 is 0 Å². The minimum atomic E-state index is 0.673. The molecule has 38 heavy (non-hydrogen) atoms. The first-order valence-electron chi connectivity index (χ1n) is 12.6. The molecule has 180 valence electrons. The number of rotatable bonds is 4. The van der Waals surface area contributed by atoms with Gasteiger partial charge in [0.2, 0.25) is 0 Å². The molecule has 2 aromatic heterocycles. The standard InChI is InChI=1S/C34H23N3S/c1-22-19-25(23-11-4-2-5-12-23)21-26(20-22)33-35-32(24-13-6-3-7-14-24)36-34(37-33)29-17-10-16-28-27-15-8-9-18-30(27)38-31(28)29/h2-21H,1H3. The fourth-order valence-corrected chi connectivity index (χ4v) is 6.19. The summed E-state index contributed by atoms with van der Waals surface area (Å²) in [5, 5.41) is 2.49. The summed E-state index contributed by atoms with van der Waals surface area (Å²) in [6.07, 6.45) is 0. The van der Waals surface area contributed by atoms with Gasteiger partial charge in [-0.1, -0.05) is 97.1 Å². The van der Waals surface area contributed by atoms with E-state index < -0.39 is 0 Å². The Morgan fingerprint density at radius 3 is 1.87 bits per heavy atom. The van der Waals surface area contributed by atoms with Gasteiger partial charge in [-0.25, -0.2) is 15.0 Å². The lowest BCUT2D eigenvalue weighted by atomic mass is 10.00. The Morgan fingerprint density at radius 2 is 1.08 bits per heavy atom. The molecule has 4 heteroatoms. The lowest BCUT2D eigenvalue weighted by Crippen LogP contribution is -2.00. The maximum absolute atomic E-state index is 5.08. The van der Waals surface area contributed by atoms with Gasteiger partial charge in [-0.15, -0.1) is 11.3 Å². The topological polar surface area (TPSA) is 38.7 Å². The molecule has 5 aromatic carbocycles. The van der Waals surface area contributed by atoms with E-state index in [0.717, 1.165) is 27.8 Å². The van der Waals surface area contributed by atoms with Gasteiger partial charge in [-0.05, 0) is 47.9 Å². The first-order valence-corrected chi connectivity index (χ1v) is 13.4. The summed E-state index contributed by atoms with van der Waals surface area (Å²) in [4.78, 5) is 15.1. The Kier molecular flexibility index (Phi) is 5.53. The monoisotopic (exact) mass is 505 g/mol. The first kappa shape index (κ1) is 22.5. The van der Waals surface area contributed by atoms with Crippen LogP contribution in [-0.2, 0) is 0 Å². The van der Waals surface area contributed by atoms with Gasteiger partial charge in [0, 0.05) is 36.9 Å². The molecule has 0 aliphatic heterocycles. The summed E-state index contributed by atoms with van der Waals surface area (Å²) in [5.41, 5.74) is 6.46. The summed E-state index contributed by atoms with van der Waals surface area (Å²) in [6, 6.07) is 42.1. The third kappa shape index (κ3) is 4.05. The summed E-state index contributed by atoms with van der Waals surface area (Å²) in [5.74, 6) is 2.04. The average molecular weight is 506 g/mol. The third-order valence-electron chi connectivity index (χ3n) is 6.76. The molecule has 7 rings (SSSR count). The van der Waals surface area contributed by atoms with Crippen LogP contribution in [0.25, 0.3) is 65.5 Å². The second kappa shape index (κ2) is 9.33. The van der Waals surface area contributed by atoms with Gasteiger partial charge in [0.1, 0.15) is 0 Å². The molecule has 0 spiro atoms. The van der Waals surface area contributed by atoms with Crippen LogP contribution in [0.4, 0.5) is 0 Å². The SMILES string of the molecule is Cc1cc(-c2ccccc2)cc(-c2nc(-c3ccccc3)nc(-c3cccc4c3sc3ccccc34)n2)c1. The van der Waals surface area contributed by atoms with Crippen LogP contribution in [0.15, 0.2) is 121 Å². The molecule has 0 aliphatic rings. The van der Waals surface area contributed by atoms with Crippen LogP contribution in [0, 0.1) is 6.92 Å². The normalized spacial score (nSPS) is 11.3. The van der Waals surface area contributed by atoms with Crippen LogP contribution in [0.1, 0.15) is 5.56 Å². The van der Waals surface area contributed by atoms with E-state index in [-0.39, 0.29) is 0 Å². The molecular formula is C34H23N3S. The Hall–Kier alpha value is -4.67. The fourth-order valence-electron chi connectivity index (χ4n) is 4.97. The number of hydrogen-bond donors (Lipinski definition) is 0. The number of hydrogen-bond acceptors (Lipinski definition) is 4. The van der Waals surface area contributed by atoms with E-state index in [4.69, 9.17) is 15.0 Å². The number of benzene rings is 5. The number of nitrogens with zero attached hydrogens (tertiary/aromatic N) is 3. The van der Waals surface area contributed by atoms with Crippen LogP contribution < -0.4 is 0 Å². The third-order valence-corrected chi connectivity index (χ3v) is 7.98. The molecule has 0 saturated carbocycles. The highest BCUT2D eigenvalue weighted by molar-refractivity contribution is 7.26. The van der Waals surface area contributed by atoms with Gasteiger partial charge in [-0.2, -0.15) is 0 Å². The van der Waals surface area contributed by atoms with Gasteiger partial charge in [-0.3, -0.25) is 0 Å².